The Balaban J connectivity index is 2.14. The number of alkyl halides is 3. The zero-order valence-electron chi connectivity index (χ0n) is 12.8. The Kier molecular flexibility index (Phi) is 5.26. The van der Waals surface area contributed by atoms with E-state index in [1.807, 2.05) is 0 Å². The van der Waals surface area contributed by atoms with E-state index in [0.717, 1.165) is 6.20 Å². The molecule has 1 aliphatic rings. The van der Waals surface area contributed by atoms with Crippen molar-refractivity contribution in [3.8, 4) is 0 Å². The molecule has 132 valence electrons. The summed E-state index contributed by atoms with van der Waals surface area (Å²) in [7, 11) is 0. The lowest BCUT2D eigenvalue weighted by atomic mass is 10.1. The van der Waals surface area contributed by atoms with Gasteiger partial charge in [0, 0.05) is 18.4 Å². The smallest absolute Gasteiger partial charge is 0.404 e. The summed E-state index contributed by atoms with van der Waals surface area (Å²) in [5.41, 5.74) is 4.41. The molecular weight excluding hydrogens is 340 g/mol. The zero-order valence-corrected chi connectivity index (χ0v) is 12.8. The Morgan fingerprint density at radius 2 is 1.96 bits per heavy atom. The number of aliphatic imine (C=N–C) groups is 1. The van der Waals surface area contributed by atoms with Gasteiger partial charge >= 0.3 is 6.18 Å². The molecule has 0 aliphatic carbocycles. The SMILES string of the molecule is C=C1C=C(C(F)(F)F)N=C(C(=CN)C(=O)NCc2ccc(F)cc2)N1. The maximum absolute atomic E-state index is 12.8. The second-order valence-corrected chi connectivity index (χ2v) is 5.03. The third-order valence-corrected chi connectivity index (χ3v) is 3.15. The van der Waals surface area contributed by atoms with E-state index >= 15 is 0 Å². The molecule has 0 aromatic heterocycles. The quantitative estimate of drug-likeness (QED) is 0.573. The van der Waals surface area contributed by atoms with Gasteiger partial charge in [0.1, 0.15) is 17.3 Å². The number of halogens is 4. The largest absolute Gasteiger partial charge is 0.433 e. The minimum absolute atomic E-state index is 0.0344. The summed E-state index contributed by atoms with van der Waals surface area (Å²) in [4.78, 5) is 15.6. The van der Waals surface area contributed by atoms with Gasteiger partial charge in [0.05, 0.1) is 5.57 Å². The Hall–Kier alpha value is -3.10. The number of carbonyl (C=O) groups excluding carboxylic acids is 1. The molecule has 0 saturated heterocycles. The molecule has 1 aromatic carbocycles. The molecule has 1 amide bonds. The predicted molar refractivity (Wildman–Crippen MR) is 84.4 cm³/mol. The van der Waals surface area contributed by atoms with E-state index in [9.17, 15) is 22.4 Å². The van der Waals surface area contributed by atoms with Gasteiger partial charge in [-0.05, 0) is 23.8 Å². The number of benzene rings is 1. The summed E-state index contributed by atoms with van der Waals surface area (Å²) in [5, 5.41) is 4.95. The van der Waals surface area contributed by atoms with Crippen molar-refractivity contribution in [3.63, 3.8) is 0 Å². The van der Waals surface area contributed by atoms with Gasteiger partial charge in [0.15, 0.2) is 0 Å². The minimum atomic E-state index is -4.69. The third-order valence-electron chi connectivity index (χ3n) is 3.15. The molecule has 0 spiro atoms. The van der Waals surface area contributed by atoms with Crippen LogP contribution in [0.2, 0.25) is 0 Å². The second kappa shape index (κ2) is 7.20. The van der Waals surface area contributed by atoms with Gasteiger partial charge in [-0.2, -0.15) is 13.2 Å². The van der Waals surface area contributed by atoms with Crippen molar-refractivity contribution < 1.29 is 22.4 Å². The van der Waals surface area contributed by atoms with Crippen LogP contribution < -0.4 is 16.4 Å². The number of nitrogens with zero attached hydrogens (tertiary/aromatic N) is 1. The van der Waals surface area contributed by atoms with Gasteiger partial charge in [0.25, 0.3) is 5.91 Å². The summed E-state index contributed by atoms with van der Waals surface area (Å²) in [6.45, 7) is 3.44. The summed E-state index contributed by atoms with van der Waals surface area (Å²) < 4.78 is 51.3. The fourth-order valence-corrected chi connectivity index (χ4v) is 1.95. The molecule has 0 fully saturated rings. The molecule has 0 unspecified atom stereocenters. The van der Waals surface area contributed by atoms with Crippen LogP contribution in [0.25, 0.3) is 0 Å². The number of hydrogen-bond acceptors (Lipinski definition) is 4. The maximum Gasteiger partial charge on any atom is 0.433 e. The molecular formula is C16H14F4N4O. The molecule has 1 aromatic rings. The first kappa shape index (κ1) is 18.2. The van der Waals surface area contributed by atoms with Crippen LogP contribution in [0.1, 0.15) is 5.56 Å². The van der Waals surface area contributed by atoms with Crippen LogP contribution >= 0.6 is 0 Å². The average molecular weight is 354 g/mol. The molecule has 2 rings (SSSR count). The third kappa shape index (κ3) is 4.69. The first-order chi connectivity index (χ1) is 11.7. The number of rotatable bonds is 4. The van der Waals surface area contributed by atoms with E-state index in [2.05, 4.69) is 22.2 Å². The molecule has 25 heavy (non-hydrogen) atoms. The lowest BCUT2D eigenvalue weighted by molar-refractivity contribution is -0.117. The fourth-order valence-electron chi connectivity index (χ4n) is 1.95. The molecule has 9 heteroatoms. The normalized spacial score (nSPS) is 15.2. The van der Waals surface area contributed by atoms with Crippen molar-refractivity contribution in [2.75, 3.05) is 0 Å². The van der Waals surface area contributed by atoms with E-state index in [4.69, 9.17) is 5.73 Å². The molecule has 0 bridgehead atoms. The van der Waals surface area contributed by atoms with Crippen LogP contribution in [-0.4, -0.2) is 17.9 Å². The van der Waals surface area contributed by atoms with Crippen LogP contribution in [0, 0.1) is 5.82 Å². The van der Waals surface area contributed by atoms with E-state index < -0.39 is 23.6 Å². The highest BCUT2D eigenvalue weighted by molar-refractivity contribution is 6.21. The van der Waals surface area contributed by atoms with Gasteiger partial charge in [-0.15, -0.1) is 0 Å². The van der Waals surface area contributed by atoms with Crippen molar-refractivity contribution >= 4 is 11.7 Å². The first-order valence-corrected chi connectivity index (χ1v) is 6.99. The summed E-state index contributed by atoms with van der Waals surface area (Å²) in [6, 6.07) is 5.37. The van der Waals surface area contributed by atoms with E-state index in [0.29, 0.717) is 11.6 Å². The summed E-state index contributed by atoms with van der Waals surface area (Å²) in [6.07, 6.45) is -3.13. The summed E-state index contributed by atoms with van der Waals surface area (Å²) >= 11 is 0. The molecule has 1 aliphatic heterocycles. The molecule has 4 N–H and O–H groups in total. The number of nitrogens with two attached hydrogens (primary N) is 1. The van der Waals surface area contributed by atoms with Gasteiger partial charge in [-0.3, -0.25) is 4.79 Å². The average Bonchev–Trinajstić information content (AvgIpc) is 2.54. The number of allylic oxidation sites excluding steroid dienone is 2. The second-order valence-electron chi connectivity index (χ2n) is 5.03. The highest BCUT2D eigenvalue weighted by Gasteiger charge is 2.36. The number of nitrogens with one attached hydrogen (secondary N) is 2. The zero-order chi connectivity index (χ0) is 18.6. The maximum atomic E-state index is 12.8. The van der Waals surface area contributed by atoms with Crippen molar-refractivity contribution in [1.82, 2.24) is 10.6 Å². The lowest BCUT2D eigenvalue weighted by Gasteiger charge is -2.19. The van der Waals surface area contributed by atoms with Gasteiger partial charge in [-0.1, -0.05) is 18.7 Å². The van der Waals surface area contributed by atoms with Gasteiger partial charge in [0.2, 0.25) is 0 Å². The van der Waals surface area contributed by atoms with Crippen LogP contribution in [0.3, 0.4) is 0 Å². The van der Waals surface area contributed by atoms with Gasteiger partial charge < -0.3 is 16.4 Å². The van der Waals surface area contributed by atoms with Crippen LogP contribution in [-0.2, 0) is 11.3 Å². The van der Waals surface area contributed by atoms with Crippen molar-refractivity contribution in [2.45, 2.75) is 12.7 Å². The Morgan fingerprint density at radius 1 is 1.32 bits per heavy atom. The fraction of sp³-hybridized carbons (Fsp3) is 0.125. The van der Waals surface area contributed by atoms with Crippen molar-refractivity contribution in [3.05, 3.63) is 71.5 Å². The Bertz CT molecular complexity index is 776. The standard InChI is InChI=1S/C16H14F4N4O/c1-9-6-13(16(18,19)20)24-14(23-9)12(7-21)15(25)22-8-10-2-4-11(17)5-3-10/h2-7H,1,8,21H2,(H,22,25)(H,23,24). The Labute approximate surface area is 140 Å². The molecule has 0 atom stereocenters. The lowest BCUT2D eigenvalue weighted by Crippen LogP contribution is -2.37. The van der Waals surface area contributed by atoms with E-state index in [1.165, 1.54) is 24.3 Å². The van der Waals surface area contributed by atoms with E-state index in [-0.39, 0.29) is 23.7 Å². The highest BCUT2D eigenvalue weighted by atomic mass is 19.4. The monoisotopic (exact) mass is 354 g/mol. The minimum Gasteiger partial charge on any atom is -0.404 e. The number of amides is 1. The predicted octanol–water partition coefficient (Wildman–Crippen LogP) is 2.25. The van der Waals surface area contributed by atoms with Crippen molar-refractivity contribution in [2.24, 2.45) is 10.7 Å². The van der Waals surface area contributed by atoms with Crippen molar-refractivity contribution in [1.29, 1.82) is 0 Å². The summed E-state index contributed by atoms with van der Waals surface area (Å²) in [5.74, 6) is -1.53. The number of carbonyl (C=O) groups is 1. The van der Waals surface area contributed by atoms with Crippen LogP contribution in [0.15, 0.2) is 65.1 Å². The van der Waals surface area contributed by atoms with Crippen LogP contribution in [0.5, 0.6) is 0 Å². The molecule has 5 nitrogen and oxygen atoms in total. The number of hydrogen-bond donors (Lipinski definition) is 3. The first-order valence-electron chi connectivity index (χ1n) is 6.99. The Morgan fingerprint density at radius 3 is 2.52 bits per heavy atom. The number of amidine groups is 1. The van der Waals surface area contributed by atoms with Crippen LogP contribution in [0.4, 0.5) is 17.6 Å². The highest BCUT2D eigenvalue weighted by Crippen LogP contribution is 2.29. The van der Waals surface area contributed by atoms with Gasteiger partial charge in [-0.25, -0.2) is 9.38 Å². The topological polar surface area (TPSA) is 79.5 Å². The molecule has 0 saturated carbocycles. The molecule has 0 radical (unpaired) electrons. The van der Waals surface area contributed by atoms with E-state index in [1.54, 1.807) is 0 Å². The molecule has 1 heterocycles.